The van der Waals surface area contributed by atoms with Crippen LogP contribution in [0.15, 0.2) is 36.4 Å². The number of aromatic nitrogens is 1. The van der Waals surface area contributed by atoms with E-state index < -0.39 is 0 Å². The molecule has 2 amide bonds. The molecule has 0 bridgehead atoms. The highest BCUT2D eigenvalue weighted by Gasteiger charge is 2.17. The molecular formula is C20H25N3O2. The van der Waals surface area contributed by atoms with Crippen LogP contribution in [0.25, 0.3) is 21.8 Å². The van der Waals surface area contributed by atoms with Crippen molar-refractivity contribution in [3.8, 4) is 0 Å². The standard InChI is InChI=1S/C20H25N3O2/c1-13(2)23-17-8-6-5-7-15(17)19-14(3)16(9-10-18(19)23)21-20(25)22(4)11-12-24/h5-10,13,24H,11-12H2,1-4H3,(H,21,25). The Bertz CT molecular complexity index is 927. The number of nitrogens with zero attached hydrogens (tertiary/aromatic N) is 2. The van der Waals surface area contributed by atoms with Crippen LogP contribution in [0.2, 0.25) is 0 Å². The van der Waals surface area contributed by atoms with Crippen molar-refractivity contribution in [3.05, 3.63) is 42.0 Å². The van der Waals surface area contributed by atoms with E-state index in [9.17, 15) is 4.79 Å². The summed E-state index contributed by atoms with van der Waals surface area (Å²) in [5.74, 6) is 0. The lowest BCUT2D eigenvalue weighted by atomic mass is 10.1. The number of aliphatic hydroxyl groups is 1. The molecule has 1 heterocycles. The molecule has 0 aliphatic carbocycles. The number of fused-ring (bicyclic) bond motifs is 3. The van der Waals surface area contributed by atoms with Crippen LogP contribution in [0.1, 0.15) is 25.5 Å². The number of aryl methyl sites for hydroxylation is 1. The highest BCUT2D eigenvalue weighted by atomic mass is 16.3. The molecule has 5 heteroatoms. The summed E-state index contributed by atoms with van der Waals surface area (Å²) in [6.07, 6.45) is 0. The van der Waals surface area contributed by atoms with Crippen LogP contribution in [0.3, 0.4) is 0 Å². The summed E-state index contributed by atoms with van der Waals surface area (Å²) in [6.45, 7) is 6.66. The first kappa shape index (κ1) is 17.3. The van der Waals surface area contributed by atoms with Crippen molar-refractivity contribution in [2.45, 2.75) is 26.8 Å². The number of amides is 2. The third-order valence-electron chi connectivity index (χ3n) is 4.68. The van der Waals surface area contributed by atoms with Crippen LogP contribution in [-0.4, -0.2) is 40.8 Å². The minimum atomic E-state index is -0.218. The van der Waals surface area contributed by atoms with Gasteiger partial charge >= 0.3 is 6.03 Å². The number of aliphatic hydroxyl groups excluding tert-OH is 1. The average molecular weight is 339 g/mol. The number of rotatable bonds is 4. The zero-order valence-electron chi connectivity index (χ0n) is 15.2. The second kappa shape index (κ2) is 6.76. The van der Waals surface area contributed by atoms with E-state index in [1.807, 2.05) is 19.1 Å². The second-order valence-corrected chi connectivity index (χ2v) is 6.69. The minimum Gasteiger partial charge on any atom is -0.395 e. The summed E-state index contributed by atoms with van der Waals surface area (Å²) in [4.78, 5) is 13.7. The maximum Gasteiger partial charge on any atom is 0.321 e. The fraction of sp³-hybridized carbons (Fsp3) is 0.350. The number of hydrogen-bond acceptors (Lipinski definition) is 2. The topological polar surface area (TPSA) is 57.5 Å². The van der Waals surface area contributed by atoms with Crippen molar-refractivity contribution < 1.29 is 9.90 Å². The van der Waals surface area contributed by atoms with Crippen molar-refractivity contribution in [2.24, 2.45) is 0 Å². The number of para-hydroxylation sites is 1. The Kier molecular flexibility index (Phi) is 4.68. The van der Waals surface area contributed by atoms with Crippen LogP contribution >= 0.6 is 0 Å². The van der Waals surface area contributed by atoms with Gasteiger partial charge < -0.3 is 19.9 Å². The van der Waals surface area contributed by atoms with Crippen LogP contribution < -0.4 is 5.32 Å². The summed E-state index contributed by atoms with van der Waals surface area (Å²) in [6, 6.07) is 12.5. The number of anilines is 1. The quantitative estimate of drug-likeness (QED) is 0.750. The predicted molar refractivity (Wildman–Crippen MR) is 103 cm³/mol. The van der Waals surface area contributed by atoms with Gasteiger partial charge in [0.05, 0.1) is 6.61 Å². The Balaban J connectivity index is 2.14. The van der Waals surface area contributed by atoms with E-state index >= 15 is 0 Å². The Labute approximate surface area is 147 Å². The second-order valence-electron chi connectivity index (χ2n) is 6.69. The number of nitrogens with one attached hydrogen (secondary N) is 1. The van der Waals surface area contributed by atoms with Crippen LogP contribution in [0.5, 0.6) is 0 Å². The first-order valence-electron chi connectivity index (χ1n) is 8.61. The zero-order valence-corrected chi connectivity index (χ0v) is 15.2. The number of carbonyl (C=O) groups is 1. The minimum absolute atomic E-state index is 0.0518. The highest BCUT2D eigenvalue weighted by Crippen LogP contribution is 2.36. The molecule has 2 N–H and O–H groups in total. The van der Waals surface area contributed by atoms with E-state index in [0.29, 0.717) is 12.6 Å². The summed E-state index contributed by atoms with van der Waals surface area (Å²) < 4.78 is 2.33. The van der Waals surface area contributed by atoms with Gasteiger partial charge in [0, 0.05) is 47.1 Å². The molecule has 3 aromatic rings. The van der Waals surface area contributed by atoms with Crippen LogP contribution in [0, 0.1) is 6.92 Å². The summed E-state index contributed by atoms with van der Waals surface area (Å²) in [7, 11) is 1.67. The zero-order chi connectivity index (χ0) is 18.1. The molecule has 0 aliphatic heterocycles. The van der Waals surface area contributed by atoms with Gasteiger partial charge in [0.2, 0.25) is 0 Å². The molecule has 25 heavy (non-hydrogen) atoms. The van der Waals surface area contributed by atoms with Crippen LogP contribution in [0.4, 0.5) is 10.5 Å². The normalized spacial score (nSPS) is 11.4. The van der Waals surface area contributed by atoms with E-state index in [2.05, 4.69) is 48.0 Å². The smallest absolute Gasteiger partial charge is 0.321 e. The average Bonchev–Trinajstić information content (AvgIpc) is 2.92. The Morgan fingerprint density at radius 2 is 1.92 bits per heavy atom. The molecule has 0 saturated carbocycles. The lowest BCUT2D eigenvalue weighted by molar-refractivity contribution is 0.202. The number of likely N-dealkylation sites (N-methyl/N-ethyl adjacent to an activating group) is 1. The lowest BCUT2D eigenvalue weighted by Crippen LogP contribution is -2.33. The molecule has 0 aliphatic rings. The maximum absolute atomic E-state index is 12.3. The molecule has 0 spiro atoms. The van der Waals surface area contributed by atoms with Crippen molar-refractivity contribution in [3.63, 3.8) is 0 Å². The Hall–Kier alpha value is -2.53. The van der Waals surface area contributed by atoms with Crippen molar-refractivity contribution >= 4 is 33.5 Å². The molecule has 3 rings (SSSR count). The van der Waals surface area contributed by atoms with Gasteiger partial charge in [-0.15, -0.1) is 0 Å². The fourth-order valence-corrected chi connectivity index (χ4v) is 3.42. The van der Waals surface area contributed by atoms with Crippen molar-refractivity contribution in [2.75, 3.05) is 25.5 Å². The molecule has 2 aromatic carbocycles. The van der Waals surface area contributed by atoms with E-state index in [4.69, 9.17) is 5.11 Å². The highest BCUT2D eigenvalue weighted by molar-refractivity contribution is 6.12. The first-order valence-corrected chi connectivity index (χ1v) is 8.61. The number of carbonyl (C=O) groups excluding carboxylic acids is 1. The van der Waals surface area contributed by atoms with Gasteiger partial charge in [-0.05, 0) is 44.5 Å². The lowest BCUT2D eigenvalue weighted by Gasteiger charge is -2.18. The summed E-state index contributed by atoms with van der Waals surface area (Å²) >= 11 is 0. The molecule has 0 atom stereocenters. The van der Waals surface area contributed by atoms with E-state index in [-0.39, 0.29) is 12.6 Å². The predicted octanol–water partition coefficient (Wildman–Crippen LogP) is 4.14. The molecule has 0 radical (unpaired) electrons. The van der Waals surface area contributed by atoms with Gasteiger partial charge in [-0.3, -0.25) is 0 Å². The van der Waals surface area contributed by atoms with E-state index in [0.717, 1.165) is 11.3 Å². The monoisotopic (exact) mass is 339 g/mol. The molecular weight excluding hydrogens is 314 g/mol. The van der Waals surface area contributed by atoms with Gasteiger partial charge in [0.25, 0.3) is 0 Å². The summed E-state index contributed by atoms with van der Waals surface area (Å²) in [5.41, 5.74) is 4.24. The SMILES string of the molecule is Cc1c(NC(=O)N(C)CCO)ccc2c1c1ccccc1n2C(C)C. The number of hydrogen-bond donors (Lipinski definition) is 2. The van der Waals surface area contributed by atoms with E-state index in [1.165, 1.54) is 26.7 Å². The first-order chi connectivity index (χ1) is 12.0. The van der Waals surface area contributed by atoms with Gasteiger partial charge in [0.15, 0.2) is 0 Å². The number of benzene rings is 2. The Morgan fingerprint density at radius 1 is 1.20 bits per heavy atom. The maximum atomic E-state index is 12.3. The largest absolute Gasteiger partial charge is 0.395 e. The van der Waals surface area contributed by atoms with Gasteiger partial charge in [-0.2, -0.15) is 0 Å². The summed E-state index contributed by atoms with van der Waals surface area (Å²) in [5, 5.41) is 14.3. The molecule has 0 saturated heterocycles. The van der Waals surface area contributed by atoms with Crippen LogP contribution in [-0.2, 0) is 0 Å². The Morgan fingerprint density at radius 3 is 2.60 bits per heavy atom. The number of urea groups is 1. The van der Waals surface area contributed by atoms with E-state index in [1.54, 1.807) is 7.05 Å². The molecule has 0 unspecified atom stereocenters. The molecule has 0 fully saturated rings. The third kappa shape index (κ3) is 2.96. The van der Waals surface area contributed by atoms with Crippen molar-refractivity contribution in [1.82, 2.24) is 9.47 Å². The molecule has 1 aromatic heterocycles. The van der Waals surface area contributed by atoms with Gasteiger partial charge in [-0.1, -0.05) is 18.2 Å². The fourth-order valence-electron chi connectivity index (χ4n) is 3.42. The van der Waals surface area contributed by atoms with Gasteiger partial charge in [-0.25, -0.2) is 4.79 Å². The molecule has 5 nitrogen and oxygen atoms in total. The third-order valence-corrected chi connectivity index (χ3v) is 4.68. The van der Waals surface area contributed by atoms with Gasteiger partial charge in [0.1, 0.15) is 0 Å². The van der Waals surface area contributed by atoms with Crippen molar-refractivity contribution in [1.29, 1.82) is 0 Å². The molecule has 132 valence electrons.